The fourth-order valence-corrected chi connectivity index (χ4v) is 4.03. The van der Waals surface area contributed by atoms with Crippen LogP contribution in [0.25, 0.3) is 0 Å². The Balaban J connectivity index is 2.12. The Morgan fingerprint density at radius 1 is 1.61 bits per heavy atom. The van der Waals surface area contributed by atoms with Gasteiger partial charge in [-0.3, -0.25) is 11.3 Å². The molecule has 1 saturated heterocycles. The molecule has 0 bridgehead atoms. The maximum Gasteiger partial charge on any atom is 0.141 e. The van der Waals surface area contributed by atoms with E-state index >= 15 is 0 Å². The van der Waals surface area contributed by atoms with Crippen LogP contribution < -0.4 is 11.3 Å². The smallest absolute Gasteiger partial charge is 0.141 e. The largest absolute Gasteiger partial charge is 0.271 e. The van der Waals surface area contributed by atoms with Crippen LogP contribution in [0.1, 0.15) is 25.3 Å². The zero-order valence-electron chi connectivity index (χ0n) is 10.4. The molecule has 5 heteroatoms. The molecule has 2 nitrogen and oxygen atoms in total. The second-order valence-electron chi connectivity index (χ2n) is 4.94. The lowest BCUT2D eigenvalue weighted by Gasteiger charge is -2.33. The number of benzene rings is 1. The average Bonchev–Trinajstić information content (AvgIpc) is 2.78. The van der Waals surface area contributed by atoms with Crippen LogP contribution in [0.4, 0.5) is 4.39 Å². The number of hydrogen-bond donors (Lipinski definition) is 2. The van der Waals surface area contributed by atoms with Crippen LogP contribution in [0.3, 0.4) is 0 Å². The van der Waals surface area contributed by atoms with Crippen LogP contribution in [0.2, 0.25) is 5.02 Å². The summed E-state index contributed by atoms with van der Waals surface area (Å²) in [7, 11) is 0. The van der Waals surface area contributed by atoms with Crippen molar-refractivity contribution in [3.8, 4) is 0 Å². The van der Waals surface area contributed by atoms with E-state index in [4.69, 9.17) is 17.4 Å². The molecule has 3 N–H and O–H groups in total. The van der Waals surface area contributed by atoms with Crippen molar-refractivity contribution in [2.75, 3.05) is 5.75 Å². The molecular weight excluding hydrogens is 271 g/mol. The Bertz CT molecular complexity index is 421. The van der Waals surface area contributed by atoms with Crippen LogP contribution in [0.15, 0.2) is 18.2 Å². The monoisotopic (exact) mass is 288 g/mol. The number of nitrogens with one attached hydrogen (secondary N) is 1. The molecule has 1 aliphatic rings. The first-order chi connectivity index (χ1) is 8.55. The van der Waals surface area contributed by atoms with E-state index in [1.807, 2.05) is 11.8 Å². The molecule has 0 amide bonds. The van der Waals surface area contributed by atoms with Gasteiger partial charge in [0.2, 0.25) is 0 Å². The number of nitrogens with two attached hydrogens (primary N) is 1. The molecule has 2 unspecified atom stereocenters. The minimum Gasteiger partial charge on any atom is -0.271 e. The molecule has 100 valence electrons. The van der Waals surface area contributed by atoms with E-state index < -0.39 is 0 Å². The van der Waals surface area contributed by atoms with E-state index in [1.165, 1.54) is 18.2 Å². The third kappa shape index (κ3) is 2.99. The van der Waals surface area contributed by atoms with Gasteiger partial charge >= 0.3 is 0 Å². The van der Waals surface area contributed by atoms with Crippen molar-refractivity contribution in [1.82, 2.24) is 5.43 Å². The lowest BCUT2D eigenvalue weighted by molar-refractivity contribution is 0.405. The molecule has 2 rings (SSSR count). The minimum absolute atomic E-state index is 0.148. The maximum absolute atomic E-state index is 13.1. The molecule has 0 spiro atoms. The third-order valence-corrected chi connectivity index (χ3v) is 5.54. The summed E-state index contributed by atoms with van der Waals surface area (Å²) in [5.74, 6) is 6.49. The van der Waals surface area contributed by atoms with Crippen LogP contribution >= 0.6 is 23.4 Å². The quantitative estimate of drug-likeness (QED) is 0.660. The van der Waals surface area contributed by atoms with Gasteiger partial charge in [0.25, 0.3) is 0 Å². The molecule has 0 aliphatic carbocycles. The Kier molecular flexibility index (Phi) is 4.54. The van der Waals surface area contributed by atoms with Crippen molar-refractivity contribution in [2.45, 2.75) is 37.0 Å². The fourth-order valence-electron chi connectivity index (χ4n) is 2.43. The fraction of sp³-hybridized carbons (Fsp3) is 0.538. The summed E-state index contributed by atoms with van der Waals surface area (Å²) in [6.07, 6.45) is 3.14. The second kappa shape index (κ2) is 5.78. The number of hydrazine groups is 1. The van der Waals surface area contributed by atoms with E-state index in [2.05, 4.69) is 12.3 Å². The van der Waals surface area contributed by atoms with Crippen molar-refractivity contribution in [1.29, 1.82) is 0 Å². The predicted octanol–water partition coefficient (Wildman–Crippen LogP) is 3.14. The zero-order chi connectivity index (χ0) is 13.2. The number of rotatable bonds is 4. The van der Waals surface area contributed by atoms with Gasteiger partial charge in [-0.05, 0) is 49.6 Å². The maximum atomic E-state index is 13.1. The molecule has 0 aromatic heterocycles. The van der Waals surface area contributed by atoms with Crippen molar-refractivity contribution in [2.24, 2.45) is 5.84 Å². The first kappa shape index (κ1) is 14.1. The first-order valence-corrected chi connectivity index (χ1v) is 7.45. The van der Waals surface area contributed by atoms with Crippen LogP contribution in [-0.4, -0.2) is 16.5 Å². The Hall–Kier alpha value is -0.290. The molecule has 1 aromatic carbocycles. The van der Waals surface area contributed by atoms with Gasteiger partial charge in [0.15, 0.2) is 0 Å². The highest BCUT2D eigenvalue weighted by molar-refractivity contribution is 8.00. The summed E-state index contributed by atoms with van der Waals surface area (Å²) in [4.78, 5) is 0. The van der Waals surface area contributed by atoms with Crippen molar-refractivity contribution in [3.63, 3.8) is 0 Å². The normalized spacial score (nSPS) is 25.3. The van der Waals surface area contributed by atoms with Crippen LogP contribution in [0.5, 0.6) is 0 Å². The SMILES string of the molecule is CC1(C(Cc2ccc(F)c(Cl)c2)NN)CCCS1. The zero-order valence-corrected chi connectivity index (χ0v) is 12.0. The van der Waals surface area contributed by atoms with Gasteiger partial charge in [0, 0.05) is 10.8 Å². The number of halogens is 2. The van der Waals surface area contributed by atoms with Gasteiger partial charge in [-0.25, -0.2) is 4.39 Å². The van der Waals surface area contributed by atoms with E-state index in [0.717, 1.165) is 18.4 Å². The second-order valence-corrected chi connectivity index (χ2v) is 6.97. The molecule has 1 aromatic rings. The van der Waals surface area contributed by atoms with Crippen LogP contribution in [0, 0.1) is 5.82 Å². The molecular formula is C13H18ClFN2S. The van der Waals surface area contributed by atoms with Crippen molar-refractivity contribution in [3.05, 3.63) is 34.6 Å². The summed E-state index contributed by atoms with van der Waals surface area (Å²) in [6.45, 7) is 2.24. The summed E-state index contributed by atoms with van der Waals surface area (Å²) in [6, 6.07) is 5.04. The molecule has 18 heavy (non-hydrogen) atoms. The van der Waals surface area contributed by atoms with Gasteiger partial charge in [0.1, 0.15) is 5.82 Å². The summed E-state index contributed by atoms with van der Waals surface area (Å²) in [5, 5.41) is 0.174. The highest BCUT2D eigenvalue weighted by atomic mass is 35.5. The van der Waals surface area contributed by atoms with E-state index in [9.17, 15) is 4.39 Å². The van der Waals surface area contributed by atoms with Gasteiger partial charge in [0.05, 0.1) is 5.02 Å². The summed E-state index contributed by atoms with van der Waals surface area (Å²) >= 11 is 7.76. The van der Waals surface area contributed by atoms with E-state index in [0.29, 0.717) is 0 Å². The standard InChI is InChI=1S/C13H18ClFN2S/c1-13(5-2-6-18-13)12(17-16)8-9-3-4-11(15)10(14)7-9/h3-4,7,12,17H,2,5-6,8,16H2,1H3. The predicted molar refractivity (Wildman–Crippen MR) is 76.3 cm³/mol. The number of hydrogen-bond acceptors (Lipinski definition) is 3. The van der Waals surface area contributed by atoms with Gasteiger partial charge in [-0.15, -0.1) is 0 Å². The van der Waals surface area contributed by atoms with Gasteiger partial charge < -0.3 is 0 Å². The van der Waals surface area contributed by atoms with Gasteiger partial charge in [-0.2, -0.15) is 11.8 Å². The van der Waals surface area contributed by atoms with Crippen molar-refractivity contribution >= 4 is 23.4 Å². The number of thioether (sulfide) groups is 1. The Morgan fingerprint density at radius 2 is 2.39 bits per heavy atom. The van der Waals surface area contributed by atoms with E-state index in [1.54, 1.807) is 12.1 Å². The van der Waals surface area contributed by atoms with E-state index in [-0.39, 0.29) is 21.6 Å². The first-order valence-electron chi connectivity index (χ1n) is 6.09. The molecule has 1 heterocycles. The summed E-state index contributed by atoms with van der Waals surface area (Å²) < 4.78 is 13.3. The Labute approximate surface area is 116 Å². The molecule has 0 saturated carbocycles. The average molecular weight is 289 g/mol. The molecule has 1 aliphatic heterocycles. The highest BCUT2D eigenvalue weighted by Crippen LogP contribution is 2.41. The van der Waals surface area contributed by atoms with Gasteiger partial charge in [-0.1, -0.05) is 17.7 Å². The van der Waals surface area contributed by atoms with Crippen molar-refractivity contribution < 1.29 is 4.39 Å². The molecule has 2 atom stereocenters. The topological polar surface area (TPSA) is 38.0 Å². The lowest BCUT2D eigenvalue weighted by atomic mass is 9.91. The molecule has 1 fully saturated rings. The lowest BCUT2D eigenvalue weighted by Crippen LogP contribution is -2.50. The highest BCUT2D eigenvalue weighted by Gasteiger charge is 2.37. The van der Waals surface area contributed by atoms with Crippen LogP contribution in [-0.2, 0) is 6.42 Å². The minimum atomic E-state index is -0.376. The Morgan fingerprint density at radius 3 is 2.94 bits per heavy atom. The third-order valence-electron chi connectivity index (χ3n) is 3.61. The molecule has 0 radical (unpaired) electrons. The summed E-state index contributed by atoms with van der Waals surface area (Å²) in [5.41, 5.74) is 3.92.